The molecule has 0 spiro atoms. The Morgan fingerprint density at radius 2 is 2.05 bits per heavy atom. The predicted octanol–water partition coefficient (Wildman–Crippen LogP) is 4.93. The number of hydrogen-bond donors (Lipinski definition) is 0. The van der Waals surface area contributed by atoms with Crippen molar-refractivity contribution in [3.8, 4) is 5.75 Å². The minimum Gasteiger partial charge on any atom is -0.495 e. The summed E-state index contributed by atoms with van der Waals surface area (Å²) in [6, 6.07) is 4.07. The molecule has 112 valence electrons. The SMILES string of the molecule is COc1cc2nc(C3CCC(C(C)=O)CC3)sc2cc1Br. The fourth-order valence-electron chi connectivity index (χ4n) is 3.03. The van der Waals surface area contributed by atoms with Crippen LogP contribution < -0.4 is 4.74 Å². The Morgan fingerprint density at radius 1 is 1.33 bits per heavy atom. The number of thiazole rings is 1. The van der Waals surface area contributed by atoms with Crippen LogP contribution in [0.25, 0.3) is 10.2 Å². The van der Waals surface area contributed by atoms with Crippen LogP contribution in [0.15, 0.2) is 16.6 Å². The Labute approximate surface area is 136 Å². The van der Waals surface area contributed by atoms with E-state index >= 15 is 0 Å². The molecule has 0 radical (unpaired) electrons. The number of Topliss-reactive ketones (excluding diaryl/α,β-unsaturated/α-hetero) is 1. The molecule has 1 heterocycles. The molecule has 1 aliphatic carbocycles. The Morgan fingerprint density at radius 3 is 2.67 bits per heavy atom. The third-order valence-corrected chi connectivity index (χ3v) is 6.13. The summed E-state index contributed by atoms with van der Waals surface area (Å²) >= 11 is 5.29. The molecule has 3 nitrogen and oxygen atoms in total. The Hall–Kier alpha value is -0.940. The zero-order valence-electron chi connectivity index (χ0n) is 12.2. The minimum absolute atomic E-state index is 0.268. The van der Waals surface area contributed by atoms with Crippen molar-refractivity contribution < 1.29 is 9.53 Å². The van der Waals surface area contributed by atoms with Crippen molar-refractivity contribution in [1.82, 2.24) is 4.98 Å². The third kappa shape index (κ3) is 2.99. The normalized spacial score (nSPS) is 22.4. The summed E-state index contributed by atoms with van der Waals surface area (Å²) in [6.45, 7) is 1.71. The van der Waals surface area contributed by atoms with E-state index in [0.29, 0.717) is 11.7 Å². The fraction of sp³-hybridized carbons (Fsp3) is 0.500. The minimum atomic E-state index is 0.268. The second-order valence-electron chi connectivity index (χ2n) is 5.67. The van der Waals surface area contributed by atoms with E-state index in [4.69, 9.17) is 9.72 Å². The smallest absolute Gasteiger partial charge is 0.135 e. The van der Waals surface area contributed by atoms with Crippen LogP contribution in [0.2, 0.25) is 0 Å². The van der Waals surface area contributed by atoms with Gasteiger partial charge in [0.05, 0.1) is 26.8 Å². The number of rotatable bonds is 3. The van der Waals surface area contributed by atoms with Gasteiger partial charge in [-0.1, -0.05) is 0 Å². The van der Waals surface area contributed by atoms with Gasteiger partial charge in [-0.2, -0.15) is 0 Å². The topological polar surface area (TPSA) is 39.2 Å². The molecule has 0 unspecified atom stereocenters. The lowest BCUT2D eigenvalue weighted by Gasteiger charge is -2.25. The fourth-order valence-corrected chi connectivity index (χ4v) is 4.84. The lowest BCUT2D eigenvalue weighted by atomic mass is 9.80. The Kier molecular flexibility index (Phi) is 4.31. The molecule has 5 heteroatoms. The van der Waals surface area contributed by atoms with Crippen LogP contribution in [-0.2, 0) is 4.79 Å². The van der Waals surface area contributed by atoms with Crippen LogP contribution in [0.5, 0.6) is 5.75 Å². The van der Waals surface area contributed by atoms with Gasteiger partial charge < -0.3 is 4.74 Å². The largest absolute Gasteiger partial charge is 0.495 e. The Balaban J connectivity index is 1.83. The standard InChI is InChI=1S/C16H18BrNO2S/c1-9(19)10-3-5-11(6-4-10)16-18-13-8-14(20-2)12(17)7-15(13)21-16/h7-8,10-11H,3-6H2,1-2H3. The maximum atomic E-state index is 11.5. The van der Waals surface area contributed by atoms with Crippen molar-refractivity contribution >= 4 is 43.3 Å². The van der Waals surface area contributed by atoms with Gasteiger partial charge in [-0.3, -0.25) is 4.79 Å². The van der Waals surface area contributed by atoms with Crippen LogP contribution in [0.4, 0.5) is 0 Å². The molecule has 3 rings (SSSR count). The first-order valence-corrected chi connectivity index (χ1v) is 8.84. The zero-order chi connectivity index (χ0) is 15.0. The molecule has 1 aromatic carbocycles. The van der Waals surface area contributed by atoms with Gasteiger partial charge in [-0.25, -0.2) is 4.98 Å². The number of ketones is 1. The average molecular weight is 368 g/mol. The molecule has 1 aliphatic rings. The van der Waals surface area contributed by atoms with Crippen LogP contribution in [0, 0.1) is 5.92 Å². The van der Waals surface area contributed by atoms with Gasteiger partial charge in [-0.05, 0) is 54.6 Å². The van der Waals surface area contributed by atoms with Crippen LogP contribution >= 0.6 is 27.3 Å². The zero-order valence-corrected chi connectivity index (χ0v) is 14.6. The highest BCUT2D eigenvalue weighted by Gasteiger charge is 2.27. The molecule has 0 N–H and O–H groups in total. The van der Waals surface area contributed by atoms with E-state index < -0.39 is 0 Å². The van der Waals surface area contributed by atoms with Gasteiger partial charge in [0.25, 0.3) is 0 Å². The van der Waals surface area contributed by atoms with Gasteiger partial charge in [0, 0.05) is 17.9 Å². The number of carbonyl (C=O) groups excluding carboxylic acids is 1. The number of methoxy groups -OCH3 is 1. The molecular formula is C16H18BrNO2S. The molecule has 21 heavy (non-hydrogen) atoms. The van der Waals surface area contributed by atoms with Gasteiger partial charge in [0.15, 0.2) is 0 Å². The maximum absolute atomic E-state index is 11.5. The predicted molar refractivity (Wildman–Crippen MR) is 89.3 cm³/mol. The van der Waals surface area contributed by atoms with Crippen LogP contribution in [0.1, 0.15) is 43.5 Å². The number of nitrogens with zero attached hydrogens (tertiary/aromatic N) is 1. The van der Waals surface area contributed by atoms with E-state index in [1.54, 1.807) is 25.4 Å². The molecule has 1 aromatic heterocycles. The molecule has 1 saturated carbocycles. The van der Waals surface area contributed by atoms with Crippen LogP contribution in [-0.4, -0.2) is 17.9 Å². The highest BCUT2D eigenvalue weighted by Crippen LogP contribution is 2.40. The summed E-state index contributed by atoms with van der Waals surface area (Å²) in [7, 11) is 1.67. The highest BCUT2D eigenvalue weighted by molar-refractivity contribution is 9.10. The van der Waals surface area contributed by atoms with E-state index in [0.717, 1.165) is 41.4 Å². The summed E-state index contributed by atoms with van der Waals surface area (Å²) in [5, 5.41) is 1.20. The van der Waals surface area contributed by atoms with Gasteiger partial charge >= 0.3 is 0 Å². The van der Waals surface area contributed by atoms with E-state index in [-0.39, 0.29) is 5.92 Å². The second-order valence-corrected chi connectivity index (χ2v) is 7.58. The van der Waals surface area contributed by atoms with E-state index in [2.05, 4.69) is 22.0 Å². The number of benzene rings is 1. The van der Waals surface area contributed by atoms with E-state index in [9.17, 15) is 4.79 Å². The second kappa shape index (κ2) is 6.05. The average Bonchev–Trinajstić information content (AvgIpc) is 2.89. The van der Waals surface area contributed by atoms with E-state index in [1.807, 2.05) is 6.07 Å². The van der Waals surface area contributed by atoms with Gasteiger partial charge in [0.1, 0.15) is 11.5 Å². The third-order valence-electron chi connectivity index (χ3n) is 4.33. The quantitative estimate of drug-likeness (QED) is 0.771. The molecule has 0 atom stereocenters. The van der Waals surface area contributed by atoms with E-state index in [1.165, 1.54) is 9.71 Å². The van der Waals surface area contributed by atoms with Crippen molar-refractivity contribution in [2.24, 2.45) is 5.92 Å². The van der Waals surface area contributed by atoms with Crippen molar-refractivity contribution in [2.45, 2.75) is 38.5 Å². The maximum Gasteiger partial charge on any atom is 0.135 e. The molecular weight excluding hydrogens is 350 g/mol. The summed E-state index contributed by atoms with van der Waals surface area (Å²) in [5.74, 6) is 1.93. The molecule has 2 aromatic rings. The number of aromatic nitrogens is 1. The first-order chi connectivity index (χ1) is 10.1. The number of ether oxygens (including phenoxy) is 1. The van der Waals surface area contributed by atoms with Crippen molar-refractivity contribution in [3.05, 3.63) is 21.6 Å². The number of carbonyl (C=O) groups is 1. The lowest BCUT2D eigenvalue weighted by Crippen LogP contribution is -2.18. The summed E-state index contributed by atoms with van der Waals surface area (Å²) < 4.78 is 7.48. The molecule has 0 amide bonds. The number of halogens is 1. The number of fused-ring (bicyclic) bond motifs is 1. The highest BCUT2D eigenvalue weighted by atomic mass is 79.9. The molecule has 0 bridgehead atoms. The molecule has 0 saturated heterocycles. The first kappa shape index (κ1) is 15.0. The monoisotopic (exact) mass is 367 g/mol. The lowest BCUT2D eigenvalue weighted by molar-refractivity contribution is -0.121. The van der Waals surface area contributed by atoms with Crippen LogP contribution in [0.3, 0.4) is 0 Å². The molecule has 0 aliphatic heterocycles. The van der Waals surface area contributed by atoms with Gasteiger partial charge in [-0.15, -0.1) is 11.3 Å². The molecule has 1 fully saturated rings. The number of hydrogen-bond acceptors (Lipinski definition) is 4. The van der Waals surface area contributed by atoms with Crippen molar-refractivity contribution in [1.29, 1.82) is 0 Å². The first-order valence-electron chi connectivity index (χ1n) is 7.23. The van der Waals surface area contributed by atoms with Gasteiger partial charge in [0.2, 0.25) is 0 Å². The van der Waals surface area contributed by atoms with Crippen molar-refractivity contribution in [2.75, 3.05) is 7.11 Å². The Bertz CT molecular complexity index is 674. The summed E-state index contributed by atoms with van der Waals surface area (Å²) in [4.78, 5) is 16.2. The summed E-state index contributed by atoms with van der Waals surface area (Å²) in [5.41, 5.74) is 1.00. The van der Waals surface area contributed by atoms with Crippen molar-refractivity contribution in [3.63, 3.8) is 0 Å². The summed E-state index contributed by atoms with van der Waals surface area (Å²) in [6.07, 6.45) is 4.15.